The molecule has 0 saturated heterocycles. The standard InChI is InChI=1S/C25H19ClF3N3O/c26-17-5-6-18(24(8-17)33-13-14-1-2-14)25(11-16-4-3-15(12-30)7-19(16)27)31-22-9-20(28)21(29)10-23(22)32-25/h3-10,14,31-32H,1-2,11,13H2. The van der Waals surface area contributed by atoms with Gasteiger partial charge in [0.05, 0.1) is 29.6 Å². The molecule has 0 amide bonds. The first-order chi connectivity index (χ1) is 15.9. The largest absolute Gasteiger partial charge is 0.493 e. The molecule has 3 aromatic rings. The Labute approximate surface area is 193 Å². The highest BCUT2D eigenvalue weighted by Crippen LogP contribution is 2.46. The zero-order valence-corrected chi connectivity index (χ0v) is 18.1. The number of fused-ring (bicyclic) bond motifs is 1. The van der Waals surface area contributed by atoms with Gasteiger partial charge >= 0.3 is 0 Å². The first-order valence-electron chi connectivity index (χ1n) is 10.5. The molecule has 1 heterocycles. The smallest absolute Gasteiger partial charge is 0.161 e. The second kappa shape index (κ2) is 8.20. The Kier molecular flexibility index (Phi) is 5.34. The number of hydrogen-bond donors (Lipinski definition) is 2. The van der Waals surface area contributed by atoms with Crippen molar-refractivity contribution in [2.75, 3.05) is 17.2 Å². The maximum Gasteiger partial charge on any atom is 0.161 e. The summed E-state index contributed by atoms with van der Waals surface area (Å²) in [5, 5.41) is 16.0. The van der Waals surface area contributed by atoms with Crippen molar-refractivity contribution < 1.29 is 17.9 Å². The van der Waals surface area contributed by atoms with Crippen LogP contribution in [-0.4, -0.2) is 6.61 Å². The van der Waals surface area contributed by atoms with Gasteiger partial charge in [-0.25, -0.2) is 13.2 Å². The first kappa shape index (κ1) is 21.5. The van der Waals surface area contributed by atoms with Crippen molar-refractivity contribution in [2.45, 2.75) is 24.9 Å². The lowest BCUT2D eigenvalue weighted by Gasteiger charge is -2.33. The van der Waals surface area contributed by atoms with Crippen molar-refractivity contribution in [3.63, 3.8) is 0 Å². The molecular weight excluding hydrogens is 451 g/mol. The van der Waals surface area contributed by atoms with Crippen molar-refractivity contribution >= 4 is 23.0 Å². The predicted molar refractivity (Wildman–Crippen MR) is 120 cm³/mol. The molecule has 0 radical (unpaired) electrons. The van der Waals surface area contributed by atoms with Crippen LogP contribution in [0.15, 0.2) is 48.5 Å². The van der Waals surface area contributed by atoms with Gasteiger partial charge in [0, 0.05) is 29.1 Å². The molecule has 2 aliphatic rings. The fourth-order valence-corrected chi connectivity index (χ4v) is 4.23. The number of anilines is 2. The quantitative estimate of drug-likeness (QED) is 0.441. The number of nitrogens with zero attached hydrogens (tertiary/aromatic N) is 1. The number of rotatable bonds is 6. The number of hydrogen-bond acceptors (Lipinski definition) is 4. The minimum atomic E-state index is -1.18. The van der Waals surface area contributed by atoms with Crippen molar-refractivity contribution in [3.05, 3.63) is 87.7 Å². The van der Waals surface area contributed by atoms with Crippen LogP contribution in [0.3, 0.4) is 0 Å². The number of ether oxygens (including phenoxy) is 1. The summed E-state index contributed by atoms with van der Waals surface area (Å²) in [6.45, 7) is 0.519. The van der Waals surface area contributed by atoms with Gasteiger partial charge in [-0.3, -0.25) is 0 Å². The zero-order chi connectivity index (χ0) is 23.2. The Bertz CT molecular complexity index is 1260. The van der Waals surface area contributed by atoms with Crippen molar-refractivity contribution in [3.8, 4) is 11.8 Å². The van der Waals surface area contributed by atoms with Gasteiger partial charge in [0.2, 0.25) is 0 Å². The maximum absolute atomic E-state index is 14.9. The summed E-state index contributed by atoms with van der Waals surface area (Å²) >= 11 is 6.24. The topological polar surface area (TPSA) is 57.1 Å². The number of nitriles is 1. The number of benzene rings is 3. The summed E-state index contributed by atoms with van der Waals surface area (Å²) in [6.07, 6.45) is 2.25. The Balaban J connectivity index is 1.60. The fourth-order valence-electron chi connectivity index (χ4n) is 4.07. The van der Waals surface area contributed by atoms with E-state index in [2.05, 4.69) is 10.6 Å². The van der Waals surface area contributed by atoms with Gasteiger partial charge in [-0.2, -0.15) is 5.26 Å². The van der Waals surface area contributed by atoms with E-state index in [1.165, 1.54) is 12.1 Å². The number of halogens is 4. The van der Waals surface area contributed by atoms with Gasteiger partial charge < -0.3 is 15.4 Å². The number of nitrogens with one attached hydrogen (secondary N) is 2. The normalized spacial score (nSPS) is 15.8. The third-order valence-electron chi connectivity index (χ3n) is 5.97. The van der Waals surface area contributed by atoms with E-state index >= 15 is 0 Å². The molecule has 1 aliphatic heterocycles. The molecule has 1 aliphatic carbocycles. The van der Waals surface area contributed by atoms with E-state index in [1.54, 1.807) is 18.2 Å². The maximum atomic E-state index is 14.9. The van der Waals surface area contributed by atoms with Gasteiger partial charge in [-0.15, -0.1) is 0 Å². The van der Waals surface area contributed by atoms with Crippen LogP contribution in [0, 0.1) is 34.7 Å². The third-order valence-corrected chi connectivity index (χ3v) is 6.20. The highest BCUT2D eigenvalue weighted by atomic mass is 35.5. The molecule has 4 nitrogen and oxygen atoms in total. The van der Waals surface area contributed by atoms with E-state index in [1.807, 2.05) is 6.07 Å². The molecule has 0 atom stereocenters. The second-order valence-corrected chi connectivity index (χ2v) is 8.89. The molecule has 168 valence electrons. The fraction of sp³-hybridized carbons (Fsp3) is 0.240. The molecule has 8 heteroatoms. The summed E-state index contributed by atoms with van der Waals surface area (Å²) in [5.41, 5.74) is 0.627. The summed E-state index contributed by atoms with van der Waals surface area (Å²) in [6, 6.07) is 13.4. The monoisotopic (exact) mass is 469 g/mol. The van der Waals surface area contributed by atoms with Gasteiger partial charge in [-0.1, -0.05) is 17.7 Å². The molecule has 0 bridgehead atoms. The van der Waals surface area contributed by atoms with E-state index in [0.717, 1.165) is 31.0 Å². The van der Waals surface area contributed by atoms with Crippen molar-refractivity contribution in [2.24, 2.45) is 5.92 Å². The third kappa shape index (κ3) is 4.19. The molecule has 1 fully saturated rings. The van der Waals surface area contributed by atoms with Crippen molar-refractivity contribution in [1.29, 1.82) is 5.26 Å². The SMILES string of the molecule is N#Cc1ccc(CC2(c3ccc(Cl)cc3OCC3CC3)Nc3cc(F)c(F)cc3N2)c(F)c1. The van der Waals surface area contributed by atoms with Crippen molar-refractivity contribution in [1.82, 2.24) is 0 Å². The Morgan fingerprint density at radius 2 is 1.67 bits per heavy atom. The van der Waals surface area contributed by atoms with Gasteiger partial charge in [0.1, 0.15) is 17.2 Å². The first-order valence-corrected chi connectivity index (χ1v) is 10.9. The molecule has 33 heavy (non-hydrogen) atoms. The Hall–Kier alpha value is -3.37. The van der Waals surface area contributed by atoms with Crippen LogP contribution in [0.4, 0.5) is 24.5 Å². The summed E-state index contributed by atoms with van der Waals surface area (Å²) < 4.78 is 48.9. The van der Waals surface area contributed by atoms with Gasteiger partial charge in [0.15, 0.2) is 11.6 Å². The molecule has 5 rings (SSSR count). The van der Waals surface area contributed by atoms with Crippen LogP contribution in [0.5, 0.6) is 5.75 Å². The van der Waals surface area contributed by atoms with E-state index < -0.39 is 23.1 Å². The highest BCUT2D eigenvalue weighted by Gasteiger charge is 2.42. The Morgan fingerprint density at radius 3 is 2.27 bits per heavy atom. The average molecular weight is 470 g/mol. The van der Waals surface area contributed by atoms with Crippen LogP contribution in [0.2, 0.25) is 5.02 Å². The minimum Gasteiger partial charge on any atom is -0.493 e. The van der Waals surface area contributed by atoms with E-state index in [9.17, 15) is 13.2 Å². The van der Waals surface area contributed by atoms with Crippen LogP contribution >= 0.6 is 11.6 Å². The molecule has 1 saturated carbocycles. The lowest BCUT2D eigenvalue weighted by molar-refractivity contribution is 0.292. The minimum absolute atomic E-state index is 0.0594. The summed E-state index contributed by atoms with van der Waals surface area (Å²) in [7, 11) is 0. The summed E-state index contributed by atoms with van der Waals surface area (Å²) in [5.74, 6) is -1.57. The highest BCUT2D eigenvalue weighted by molar-refractivity contribution is 6.30. The molecule has 2 N–H and O–H groups in total. The Morgan fingerprint density at radius 1 is 0.970 bits per heavy atom. The molecule has 0 aromatic heterocycles. The van der Waals surface area contributed by atoms with E-state index in [4.69, 9.17) is 21.6 Å². The van der Waals surface area contributed by atoms with Gasteiger partial charge in [-0.05, 0) is 54.7 Å². The lowest BCUT2D eigenvalue weighted by Crippen LogP contribution is -2.41. The van der Waals surface area contributed by atoms with Crippen LogP contribution in [0.25, 0.3) is 0 Å². The summed E-state index contributed by atoms with van der Waals surface area (Å²) in [4.78, 5) is 0. The average Bonchev–Trinajstić information content (AvgIpc) is 3.55. The lowest BCUT2D eigenvalue weighted by atomic mass is 9.90. The van der Waals surface area contributed by atoms with Crippen LogP contribution in [-0.2, 0) is 12.1 Å². The molecule has 0 spiro atoms. The molecular formula is C25H19ClF3N3O. The van der Waals surface area contributed by atoms with E-state index in [0.29, 0.717) is 45.8 Å². The van der Waals surface area contributed by atoms with Gasteiger partial charge in [0.25, 0.3) is 0 Å². The van der Waals surface area contributed by atoms with E-state index in [-0.39, 0.29) is 12.0 Å². The molecule has 0 unspecified atom stereocenters. The predicted octanol–water partition coefficient (Wildman–Crippen LogP) is 6.35. The van der Waals surface area contributed by atoms with Crippen LogP contribution in [0.1, 0.15) is 29.5 Å². The molecule has 3 aromatic carbocycles. The second-order valence-electron chi connectivity index (χ2n) is 8.46. The van der Waals surface area contributed by atoms with Crippen LogP contribution < -0.4 is 15.4 Å². The zero-order valence-electron chi connectivity index (χ0n) is 17.4.